The first-order chi connectivity index (χ1) is 14.7. The molecular weight excluding hydrogens is 378 g/mol. The van der Waals surface area contributed by atoms with E-state index in [1.165, 1.54) is 19.3 Å². The number of anilines is 1. The molecule has 0 N–H and O–H groups in total. The van der Waals surface area contributed by atoms with Gasteiger partial charge in [0.2, 0.25) is 0 Å². The van der Waals surface area contributed by atoms with Crippen LogP contribution >= 0.6 is 0 Å². The number of nitrogens with zero attached hydrogens (tertiary/aromatic N) is 7. The fourth-order valence-corrected chi connectivity index (χ4v) is 4.52. The SMILES string of the molecule is CC(C)c1noc(-c2ccnc(N3CCCC(c4nnc5n4CCCCC5)C3)c2)n1. The van der Waals surface area contributed by atoms with Crippen LogP contribution in [0.2, 0.25) is 0 Å². The Hall–Kier alpha value is -2.77. The Morgan fingerprint density at radius 2 is 2.03 bits per heavy atom. The van der Waals surface area contributed by atoms with Gasteiger partial charge in [0.15, 0.2) is 5.82 Å². The van der Waals surface area contributed by atoms with E-state index in [1.807, 2.05) is 12.3 Å². The Morgan fingerprint density at radius 3 is 2.90 bits per heavy atom. The van der Waals surface area contributed by atoms with Gasteiger partial charge in [0.05, 0.1) is 0 Å². The maximum absolute atomic E-state index is 5.48. The van der Waals surface area contributed by atoms with Crippen LogP contribution in [0, 0.1) is 0 Å². The molecule has 5 rings (SSSR count). The largest absolute Gasteiger partial charge is 0.356 e. The van der Waals surface area contributed by atoms with E-state index in [0.29, 0.717) is 11.8 Å². The number of piperidine rings is 1. The second-order valence-corrected chi connectivity index (χ2v) is 8.74. The fraction of sp³-hybridized carbons (Fsp3) is 0.591. The molecule has 1 unspecified atom stereocenters. The highest BCUT2D eigenvalue weighted by atomic mass is 16.5. The topological polar surface area (TPSA) is 85.8 Å². The Labute approximate surface area is 176 Å². The van der Waals surface area contributed by atoms with Gasteiger partial charge in [0, 0.05) is 49.7 Å². The molecule has 5 heterocycles. The van der Waals surface area contributed by atoms with E-state index in [9.17, 15) is 0 Å². The average molecular weight is 408 g/mol. The summed E-state index contributed by atoms with van der Waals surface area (Å²) in [5, 5.41) is 13.2. The van der Waals surface area contributed by atoms with Crippen LogP contribution < -0.4 is 4.90 Å². The predicted molar refractivity (Wildman–Crippen MR) is 113 cm³/mol. The van der Waals surface area contributed by atoms with Crippen molar-refractivity contribution in [3.8, 4) is 11.5 Å². The van der Waals surface area contributed by atoms with Crippen molar-refractivity contribution >= 4 is 5.82 Å². The Kier molecular flexibility index (Phi) is 5.23. The van der Waals surface area contributed by atoms with Gasteiger partial charge in [-0.2, -0.15) is 4.98 Å². The highest BCUT2D eigenvalue weighted by Crippen LogP contribution is 2.31. The summed E-state index contributed by atoms with van der Waals surface area (Å²) in [6.45, 7) is 7.08. The van der Waals surface area contributed by atoms with Crippen molar-refractivity contribution in [1.29, 1.82) is 0 Å². The minimum absolute atomic E-state index is 0.241. The van der Waals surface area contributed by atoms with Gasteiger partial charge >= 0.3 is 0 Å². The van der Waals surface area contributed by atoms with Crippen molar-refractivity contribution < 1.29 is 4.52 Å². The quantitative estimate of drug-likeness (QED) is 0.647. The van der Waals surface area contributed by atoms with Gasteiger partial charge in [0.1, 0.15) is 17.5 Å². The third-order valence-electron chi connectivity index (χ3n) is 6.20. The first-order valence-corrected chi connectivity index (χ1v) is 11.2. The Bertz CT molecular complexity index is 1010. The lowest BCUT2D eigenvalue weighted by Gasteiger charge is -2.33. The molecule has 2 aliphatic rings. The molecule has 0 spiro atoms. The monoisotopic (exact) mass is 407 g/mol. The van der Waals surface area contributed by atoms with E-state index in [-0.39, 0.29) is 5.92 Å². The van der Waals surface area contributed by atoms with Crippen molar-refractivity contribution in [3.63, 3.8) is 0 Å². The molecule has 0 amide bonds. The van der Waals surface area contributed by atoms with Crippen molar-refractivity contribution in [3.05, 3.63) is 35.8 Å². The molecule has 1 atom stereocenters. The Morgan fingerprint density at radius 1 is 1.10 bits per heavy atom. The molecular formula is C22H29N7O. The van der Waals surface area contributed by atoms with Gasteiger partial charge in [-0.15, -0.1) is 10.2 Å². The zero-order valence-electron chi connectivity index (χ0n) is 17.8. The van der Waals surface area contributed by atoms with Gasteiger partial charge in [-0.05, 0) is 37.8 Å². The maximum Gasteiger partial charge on any atom is 0.258 e. The van der Waals surface area contributed by atoms with Crippen LogP contribution in [-0.4, -0.2) is 43.0 Å². The molecule has 0 aliphatic carbocycles. The average Bonchev–Trinajstić information content (AvgIpc) is 3.36. The maximum atomic E-state index is 5.48. The van der Waals surface area contributed by atoms with Gasteiger partial charge < -0.3 is 14.0 Å². The summed E-state index contributed by atoms with van der Waals surface area (Å²) in [5.41, 5.74) is 0.915. The third kappa shape index (κ3) is 3.70. The summed E-state index contributed by atoms with van der Waals surface area (Å²) >= 11 is 0. The van der Waals surface area contributed by atoms with Crippen LogP contribution in [-0.2, 0) is 13.0 Å². The minimum atomic E-state index is 0.241. The van der Waals surface area contributed by atoms with Crippen LogP contribution in [0.25, 0.3) is 11.5 Å². The van der Waals surface area contributed by atoms with Crippen molar-refractivity contribution in [2.75, 3.05) is 18.0 Å². The molecule has 3 aromatic rings. The second kappa shape index (κ2) is 8.16. The standard InChI is InChI=1S/C22H29N7O/c1-15(2)20-24-22(30-27-20)16-9-10-23-19(13-16)28-11-6-7-17(14-28)21-26-25-18-8-4-3-5-12-29(18)21/h9-10,13,15,17H,3-8,11-12,14H2,1-2H3. The highest BCUT2D eigenvalue weighted by Gasteiger charge is 2.28. The summed E-state index contributed by atoms with van der Waals surface area (Å²) in [4.78, 5) is 11.5. The molecule has 0 saturated carbocycles. The number of pyridine rings is 1. The number of fused-ring (bicyclic) bond motifs is 1. The number of aromatic nitrogens is 6. The van der Waals surface area contributed by atoms with E-state index >= 15 is 0 Å². The molecule has 0 aromatic carbocycles. The summed E-state index contributed by atoms with van der Waals surface area (Å²) in [6, 6.07) is 3.99. The van der Waals surface area contributed by atoms with Gasteiger partial charge in [-0.25, -0.2) is 4.98 Å². The molecule has 1 fully saturated rings. The number of hydrogen-bond acceptors (Lipinski definition) is 7. The van der Waals surface area contributed by atoms with Crippen LogP contribution in [0.1, 0.15) is 75.3 Å². The normalized spacial score (nSPS) is 19.7. The third-order valence-corrected chi connectivity index (χ3v) is 6.20. The number of rotatable bonds is 4. The van der Waals surface area contributed by atoms with Crippen molar-refractivity contribution in [1.82, 2.24) is 29.9 Å². The van der Waals surface area contributed by atoms with Crippen molar-refractivity contribution in [2.45, 2.75) is 70.8 Å². The zero-order chi connectivity index (χ0) is 20.5. The van der Waals surface area contributed by atoms with Crippen LogP contribution in [0.4, 0.5) is 5.82 Å². The molecule has 30 heavy (non-hydrogen) atoms. The van der Waals surface area contributed by atoms with E-state index in [0.717, 1.165) is 67.8 Å². The van der Waals surface area contributed by atoms with Gasteiger partial charge in [-0.3, -0.25) is 0 Å². The minimum Gasteiger partial charge on any atom is -0.356 e. The smallest absolute Gasteiger partial charge is 0.258 e. The first kappa shape index (κ1) is 19.2. The fourth-order valence-electron chi connectivity index (χ4n) is 4.52. The Balaban J connectivity index is 1.37. The molecule has 3 aromatic heterocycles. The van der Waals surface area contributed by atoms with Crippen LogP contribution in [0.5, 0.6) is 0 Å². The first-order valence-electron chi connectivity index (χ1n) is 11.2. The summed E-state index contributed by atoms with van der Waals surface area (Å²) in [7, 11) is 0. The van der Waals surface area contributed by atoms with Crippen molar-refractivity contribution in [2.24, 2.45) is 0 Å². The molecule has 8 nitrogen and oxygen atoms in total. The van der Waals surface area contributed by atoms with E-state index in [4.69, 9.17) is 4.52 Å². The lowest BCUT2D eigenvalue weighted by molar-refractivity contribution is 0.419. The highest BCUT2D eigenvalue weighted by molar-refractivity contribution is 5.59. The number of hydrogen-bond donors (Lipinski definition) is 0. The van der Waals surface area contributed by atoms with Crippen LogP contribution in [0.3, 0.4) is 0 Å². The molecule has 0 radical (unpaired) electrons. The molecule has 2 aliphatic heterocycles. The lowest BCUT2D eigenvalue weighted by Crippen LogP contribution is -2.36. The number of aryl methyl sites for hydroxylation is 1. The van der Waals surface area contributed by atoms with Crippen LogP contribution in [0.15, 0.2) is 22.9 Å². The second-order valence-electron chi connectivity index (χ2n) is 8.74. The molecule has 0 bridgehead atoms. The molecule has 1 saturated heterocycles. The summed E-state index contributed by atoms with van der Waals surface area (Å²) in [5.74, 6) is 5.19. The summed E-state index contributed by atoms with van der Waals surface area (Å²) in [6.07, 6.45) is 8.88. The van der Waals surface area contributed by atoms with Gasteiger partial charge in [-0.1, -0.05) is 25.4 Å². The van der Waals surface area contributed by atoms with E-state index < -0.39 is 0 Å². The molecule has 158 valence electrons. The van der Waals surface area contributed by atoms with E-state index in [2.05, 4.69) is 54.7 Å². The summed E-state index contributed by atoms with van der Waals surface area (Å²) < 4.78 is 7.87. The molecule has 8 heteroatoms. The van der Waals surface area contributed by atoms with Gasteiger partial charge in [0.25, 0.3) is 5.89 Å². The predicted octanol–water partition coefficient (Wildman–Crippen LogP) is 3.96. The zero-order valence-corrected chi connectivity index (χ0v) is 17.8. The van der Waals surface area contributed by atoms with E-state index in [1.54, 1.807) is 0 Å². The lowest BCUT2D eigenvalue weighted by atomic mass is 9.97.